The maximum absolute atomic E-state index is 13.3. The first kappa shape index (κ1) is 69.1. The van der Waals surface area contributed by atoms with Gasteiger partial charge in [-0.3, -0.25) is 4.79 Å². The van der Waals surface area contributed by atoms with Crippen molar-refractivity contribution in [2.24, 2.45) is 0 Å². The number of aliphatic hydroxyl groups is 8. The van der Waals surface area contributed by atoms with Gasteiger partial charge in [-0.1, -0.05) is 229 Å². The zero-order chi connectivity index (χ0) is 54.6. The number of amides is 1. The largest absolute Gasteiger partial charge is 0.394 e. The van der Waals surface area contributed by atoms with E-state index >= 15 is 0 Å². The first-order valence-electron chi connectivity index (χ1n) is 30.4. The smallest absolute Gasteiger partial charge is 0.220 e. The van der Waals surface area contributed by atoms with Crippen molar-refractivity contribution >= 4 is 5.91 Å². The Hall–Kier alpha value is -2.05. The van der Waals surface area contributed by atoms with E-state index in [9.17, 15) is 45.6 Å². The van der Waals surface area contributed by atoms with Gasteiger partial charge in [0.05, 0.1) is 32.0 Å². The van der Waals surface area contributed by atoms with E-state index < -0.39 is 86.8 Å². The number of unbranched alkanes of at least 4 members (excludes halogenated alkanes) is 27. The monoisotopic (exact) mass is 1070 g/mol. The number of nitrogens with one attached hydrogen (secondary N) is 1. The first-order valence-corrected chi connectivity index (χ1v) is 30.4. The van der Waals surface area contributed by atoms with Crippen LogP contribution < -0.4 is 5.32 Å². The van der Waals surface area contributed by atoms with Crippen LogP contribution in [0.2, 0.25) is 0 Å². The molecule has 75 heavy (non-hydrogen) atoms. The van der Waals surface area contributed by atoms with Gasteiger partial charge in [-0.15, -0.1) is 0 Å². The van der Waals surface area contributed by atoms with Gasteiger partial charge in [0.1, 0.15) is 48.8 Å². The summed E-state index contributed by atoms with van der Waals surface area (Å²) in [6, 6.07) is -0.839. The van der Waals surface area contributed by atoms with Crippen molar-refractivity contribution in [3.8, 4) is 0 Å². The normalized spacial score (nSPS) is 25.4. The van der Waals surface area contributed by atoms with Crippen molar-refractivity contribution in [1.82, 2.24) is 5.32 Å². The summed E-state index contributed by atoms with van der Waals surface area (Å²) in [5.74, 6) is -0.220. The summed E-state index contributed by atoms with van der Waals surface area (Å²) in [6.07, 6.45) is 41.0. The molecule has 2 heterocycles. The van der Waals surface area contributed by atoms with Gasteiger partial charge in [-0.25, -0.2) is 0 Å². The van der Waals surface area contributed by atoms with Gasteiger partial charge in [-0.2, -0.15) is 0 Å². The molecule has 12 unspecified atom stereocenters. The highest BCUT2D eigenvalue weighted by Gasteiger charge is 2.51. The Labute approximate surface area is 454 Å². The third-order valence-electron chi connectivity index (χ3n) is 14.8. The van der Waals surface area contributed by atoms with Crippen molar-refractivity contribution in [3.05, 3.63) is 48.6 Å². The third kappa shape index (κ3) is 32.6. The molecule has 9 N–H and O–H groups in total. The number of hydrogen-bond acceptors (Lipinski definition) is 13. The molecule has 2 aliphatic rings. The van der Waals surface area contributed by atoms with Crippen LogP contribution in [0, 0.1) is 0 Å². The van der Waals surface area contributed by atoms with Crippen molar-refractivity contribution in [2.75, 3.05) is 19.8 Å². The Morgan fingerprint density at radius 1 is 0.493 bits per heavy atom. The zero-order valence-corrected chi connectivity index (χ0v) is 47.0. The van der Waals surface area contributed by atoms with E-state index in [4.69, 9.17) is 18.9 Å². The molecule has 0 aromatic heterocycles. The molecule has 0 saturated carbocycles. The number of aliphatic hydroxyl groups excluding tert-OH is 8. The molecule has 0 radical (unpaired) electrons. The van der Waals surface area contributed by atoms with E-state index in [1.54, 1.807) is 0 Å². The van der Waals surface area contributed by atoms with Crippen molar-refractivity contribution in [3.63, 3.8) is 0 Å². The van der Waals surface area contributed by atoms with Gasteiger partial charge < -0.3 is 65.1 Å². The first-order chi connectivity index (χ1) is 36.6. The highest BCUT2D eigenvalue weighted by atomic mass is 16.7. The molecule has 12 atom stereocenters. The summed E-state index contributed by atoms with van der Waals surface area (Å²) in [5, 5.41) is 87.3. The van der Waals surface area contributed by atoms with Crippen LogP contribution in [0.4, 0.5) is 0 Å². The van der Waals surface area contributed by atoms with E-state index in [0.29, 0.717) is 12.8 Å². The Bertz CT molecular complexity index is 1440. The van der Waals surface area contributed by atoms with Crippen LogP contribution in [0.3, 0.4) is 0 Å². The molecular formula is C61H111NO13. The maximum Gasteiger partial charge on any atom is 0.220 e. The number of carbonyl (C=O) groups excluding carboxylic acids is 1. The predicted molar refractivity (Wildman–Crippen MR) is 300 cm³/mol. The molecular weight excluding hydrogens is 955 g/mol. The Morgan fingerprint density at radius 3 is 1.41 bits per heavy atom. The van der Waals surface area contributed by atoms with Gasteiger partial charge in [0.25, 0.3) is 0 Å². The number of hydrogen-bond donors (Lipinski definition) is 9. The fraction of sp³-hybridized carbons (Fsp3) is 0.852. The number of rotatable bonds is 48. The standard InChI is InChI=1S/C61H111NO13/c1-3-5-7-9-11-13-15-17-19-21-23-24-25-27-28-30-32-34-36-38-40-42-44-50(65)49(62-53(66)45-43-41-39-37-35-33-31-29-26-22-20-18-16-14-12-10-8-6-4-2)48-72-60-58(71)56(69)59(52(47-64)74-60)75-61-57(70)55(68)54(67)51(46-63)73-61/h6,8,12,14,18,20,26,29,49-52,54-61,63-65,67-71H,3-5,7,9-11,13,15-17,19,21-25,27-28,30-48H2,1-2H3,(H,62,66)/b8-6-,14-12-,20-18-,29-26-. The van der Waals surface area contributed by atoms with Gasteiger partial charge >= 0.3 is 0 Å². The van der Waals surface area contributed by atoms with Gasteiger partial charge in [0.2, 0.25) is 5.91 Å². The van der Waals surface area contributed by atoms with Gasteiger partial charge in [-0.05, 0) is 51.4 Å². The fourth-order valence-corrected chi connectivity index (χ4v) is 9.94. The van der Waals surface area contributed by atoms with E-state index in [2.05, 4.69) is 67.8 Å². The molecule has 2 rings (SSSR count). The molecule has 438 valence electrons. The minimum absolute atomic E-state index is 0.220. The fourth-order valence-electron chi connectivity index (χ4n) is 9.94. The summed E-state index contributed by atoms with van der Waals surface area (Å²) >= 11 is 0. The van der Waals surface area contributed by atoms with Crippen molar-refractivity contribution in [2.45, 2.75) is 312 Å². The van der Waals surface area contributed by atoms with Crippen LogP contribution >= 0.6 is 0 Å². The van der Waals surface area contributed by atoms with Crippen molar-refractivity contribution < 1.29 is 64.6 Å². The Kier molecular flexibility index (Phi) is 43.1. The summed E-state index contributed by atoms with van der Waals surface area (Å²) < 4.78 is 22.8. The topological polar surface area (TPSA) is 228 Å². The molecule has 2 saturated heterocycles. The summed E-state index contributed by atoms with van der Waals surface area (Å²) in [5.41, 5.74) is 0. The van der Waals surface area contributed by atoms with E-state index in [0.717, 1.165) is 89.9 Å². The van der Waals surface area contributed by atoms with Crippen LogP contribution in [0.1, 0.15) is 239 Å². The summed E-state index contributed by atoms with van der Waals surface area (Å²) in [7, 11) is 0. The molecule has 1 amide bonds. The molecule has 0 spiro atoms. The van der Waals surface area contributed by atoms with Crippen LogP contribution in [-0.4, -0.2) is 140 Å². The minimum atomic E-state index is -1.79. The zero-order valence-electron chi connectivity index (χ0n) is 47.0. The van der Waals surface area contributed by atoms with Crippen molar-refractivity contribution in [1.29, 1.82) is 0 Å². The average molecular weight is 1070 g/mol. The third-order valence-corrected chi connectivity index (χ3v) is 14.8. The Balaban J connectivity index is 1.75. The van der Waals surface area contributed by atoms with Gasteiger partial charge in [0.15, 0.2) is 12.6 Å². The second-order valence-corrected chi connectivity index (χ2v) is 21.5. The van der Waals surface area contributed by atoms with Crippen LogP contribution in [0.5, 0.6) is 0 Å². The molecule has 2 aliphatic heterocycles. The SMILES string of the molecule is CC/C=C\C/C=C\C/C=C\C/C=C\CCCCCCCCC(=O)NC(COC1OC(CO)C(OC2OC(CO)C(O)C(O)C2O)C(O)C1O)C(O)CCCCCCCCCCCCCCCCCCCCCCCC. The lowest BCUT2D eigenvalue weighted by atomic mass is 9.97. The molecule has 0 bridgehead atoms. The molecule has 2 fully saturated rings. The lowest BCUT2D eigenvalue weighted by Gasteiger charge is -2.46. The molecule has 0 aliphatic carbocycles. The average Bonchev–Trinajstić information content (AvgIpc) is 3.41. The molecule has 14 nitrogen and oxygen atoms in total. The minimum Gasteiger partial charge on any atom is -0.394 e. The lowest BCUT2D eigenvalue weighted by molar-refractivity contribution is -0.359. The maximum atomic E-state index is 13.3. The second-order valence-electron chi connectivity index (χ2n) is 21.5. The quantitative estimate of drug-likeness (QED) is 0.0204. The number of ether oxygens (including phenoxy) is 4. The Morgan fingerprint density at radius 2 is 0.920 bits per heavy atom. The van der Waals surface area contributed by atoms with Crippen LogP contribution in [0.15, 0.2) is 48.6 Å². The predicted octanol–water partition coefficient (Wildman–Crippen LogP) is 10.4. The van der Waals surface area contributed by atoms with Crippen LogP contribution in [-0.2, 0) is 23.7 Å². The number of allylic oxidation sites excluding steroid dienone is 8. The lowest BCUT2D eigenvalue weighted by Crippen LogP contribution is -2.65. The second kappa shape index (κ2) is 46.8. The van der Waals surface area contributed by atoms with Crippen LogP contribution in [0.25, 0.3) is 0 Å². The summed E-state index contributed by atoms with van der Waals surface area (Å²) in [4.78, 5) is 13.3. The molecule has 0 aromatic rings. The highest BCUT2D eigenvalue weighted by Crippen LogP contribution is 2.30. The van der Waals surface area contributed by atoms with Gasteiger partial charge in [0, 0.05) is 6.42 Å². The van der Waals surface area contributed by atoms with E-state index in [1.807, 2.05) is 0 Å². The number of carbonyl (C=O) groups is 1. The van der Waals surface area contributed by atoms with E-state index in [1.165, 1.54) is 116 Å². The highest BCUT2D eigenvalue weighted by molar-refractivity contribution is 5.76. The molecule has 0 aromatic carbocycles. The summed E-state index contributed by atoms with van der Waals surface area (Å²) in [6.45, 7) is 2.75. The molecule has 14 heteroatoms. The van der Waals surface area contributed by atoms with E-state index in [-0.39, 0.29) is 18.9 Å².